The van der Waals surface area contributed by atoms with Gasteiger partial charge in [0.1, 0.15) is 0 Å². The monoisotopic (exact) mass is 351 g/mol. The summed E-state index contributed by atoms with van der Waals surface area (Å²) in [7, 11) is 0. The van der Waals surface area contributed by atoms with E-state index < -0.39 is 0 Å². The number of hydrogen-bond acceptors (Lipinski definition) is 5. The molecule has 1 aromatic carbocycles. The topological polar surface area (TPSA) is 85.8 Å². The molecule has 1 aliphatic carbocycles. The van der Waals surface area contributed by atoms with Crippen LogP contribution in [0.4, 0.5) is 0 Å². The van der Waals surface area contributed by atoms with Crippen molar-refractivity contribution in [1.29, 1.82) is 0 Å². The van der Waals surface area contributed by atoms with Gasteiger partial charge in [0, 0.05) is 17.5 Å². The van der Waals surface area contributed by atoms with E-state index in [2.05, 4.69) is 15.5 Å². The summed E-state index contributed by atoms with van der Waals surface area (Å²) in [5.74, 6) is 7.44. The van der Waals surface area contributed by atoms with Crippen molar-refractivity contribution in [1.82, 2.24) is 20.2 Å². The summed E-state index contributed by atoms with van der Waals surface area (Å²) < 4.78 is 1.50. The molecule has 2 aromatic rings. The van der Waals surface area contributed by atoms with Crippen molar-refractivity contribution >= 4 is 29.3 Å². The molecule has 8 heteroatoms. The molecule has 1 aromatic heterocycles. The van der Waals surface area contributed by atoms with E-state index >= 15 is 0 Å². The molecule has 0 radical (unpaired) electrons. The van der Waals surface area contributed by atoms with Crippen LogP contribution in [0.5, 0.6) is 0 Å². The molecule has 0 spiro atoms. The number of thioether (sulfide) groups is 1. The first-order valence-electron chi connectivity index (χ1n) is 7.48. The van der Waals surface area contributed by atoms with E-state index in [4.69, 9.17) is 17.4 Å². The van der Waals surface area contributed by atoms with Crippen LogP contribution in [-0.2, 0) is 11.2 Å². The Labute approximate surface area is 143 Å². The zero-order chi connectivity index (χ0) is 16.2. The van der Waals surface area contributed by atoms with Gasteiger partial charge in [0.15, 0.2) is 5.82 Å². The number of hydrogen-bond donors (Lipinski definition) is 2. The summed E-state index contributed by atoms with van der Waals surface area (Å²) in [4.78, 5) is 11.9. The molecule has 0 saturated heterocycles. The van der Waals surface area contributed by atoms with Crippen molar-refractivity contribution in [3.63, 3.8) is 0 Å². The highest BCUT2D eigenvalue weighted by Crippen LogP contribution is 2.39. The van der Waals surface area contributed by atoms with Crippen molar-refractivity contribution in [3.8, 4) is 0 Å². The standard InChI is InChI=1S/C15H18ClN5OS/c16-12-5-1-10(2-6-12)7-8-18-13(22)9-23-15-20-19-14(21(15)17)11-3-4-11/h1-2,5-6,11H,3-4,7-9,17H2,(H,18,22). The number of nitrogen functional groups attached to an aromatic ring is 1. The van der Waals surface area contributed by atoms with Crippen molar-refractivity contribution in [3.05, 3.63) is 40.7 Å². The van der Waals surface area contributed by atoms with Crippen molar-refractivity contribution in [2.45, 2.75) is 30.3 Å². The fraction of sp³-hybridized carbons (Fsp3) is 0.400. The van der Waals surface area contributed by atoms with E-state index in [1.807, 2.05) is 24.3 Å². The molecule has 122 valence electrons. The van der Waals surface area contributed by atoms with Gasteiger partial charge >= 0.3 is 0 Å². The van der Waals surface area contributed by atoms with Gasteiger partial charge in [0.25, 0.3) is 0 Å². The number of amides is 1. The maximum atomic E-state index is 11.9. The molecule has 0 bridgehead atoms. The predicted octanol–water partition coefficient (Wildman–Crippen LogP) is 1.97. The van der Waals surface area contributed by atoms with Gasteiger partial charge in [0.2, 0.25) is 11.1 Å². The smallest absolute Gasteiger partial charge is 0.230 e. The van der Waals surface area contributed by atoms with Crippen LogP contribution >= 0.6 is 23.4 Å². The second-order valence-corrected chi connectivity index (χ2v) is 6.88. The molecule has 1 amide bonds. The minimum Gasteiger partial charge on any atom is -0.355 e. The highest BCUT2D eigenvalue weighted by Gasteiger charge is 2.29. The van der Waals surface area contributed by atoms with E-state index in [1.54, 1.807) is 0 Å². The number of nitrogens with two attached hydrogens (primary N) is 1. The van der Waals surface area contributed by atoms with E-state index in [-0.39, 0.29) is 11.7 Å². The Kier molecular flexibility index (Phi) is 5.07. The Morgan fingerprint density at radius 3 is 2.78 bits per heavy atom. The summed E-state index contributed by atoms with van der Waals surface area (Å²) >= 11 is 7.14. The first-order valence-corrected chi connectivity index (χ1v) is 8.84. The molecular formula is C15H18ClN5OS. The maximum absolute atomic E-state index is 11.9. The highest BCUT2D eigenvalue weighted by molar-refractivity contribution is 7.99. The van der Waals surface area contributed by atoms with Crippen LogP contribution in [0.2, 0.25) is 5.02 Å². The van der Waals surface area contributed by atoms with Crippen LogP contribution in [0.25, 0.3) is 0 Å². The van der Waals surface area contributed by atoms with Crippen LogP contribution in [-0.4, -0.2) is 33.1 Å². The fourth-order valence-electron chi connectivity index (χ4n) is 2.19. The van der Waals surface area contributed by atoms with Crippen LogP contribution in [0, 0.1) is 0 Å². The molecule has 6 nitrogen and oxygen atoms in total. The number of nitrogens with one attached hydrogen (secondary N) is 1. The molecule has 1 saturated carbocycles. The summed E-state index contributed by atoms with van der Waals surface area (Å²) in [6, 6.07) is 7.61. The second kappa shape index (κ2) is 7.23. The highest BCUT2D eigenvalue weighted by atomic mass is 35.5. The van der Waals surface area contributed by atoms with E-state index in [9.17, 15) is 4.79 Å². The quantitative estimate of drug-likeness (QED) is 0.588. The third-order valence-corrected chi connectivity index (χ3v) is 4.81. The van der Waals surface area contributed by atoms with Gasteiger partial charge < -0.3 is 11.2 Å². The molecule has 1 aliphatic rings. The summed E-state index contributed by atoms with van der Waals surface area (Å²) in [6.45, 7) is 0.587. The first-order chi connectivity index (χ1) is 11.1. The SMILES string of the molecule is Nn1c(SCC(=O)NCCc2ccc(Cl)cc2)nnc1C1CC1. The molecule has 0 atom stereocenters. The lowest BCUT2D eigenvalue weighted by Gasteiger charge is -2.05. The van der Waals surface area contributed by atoms with Gasteiger partial charge in [-0.3, -0.25) is 4.79 Å². The number of carbonyl (C=O) groups excluding carboxylic acids is 1. The zero-order valence-electron chi connectivity index (χ0n) is 12.5. The summed E-state index contributed by atoms with van der Waals surface area (Å²) in [5.41, 5.74) is 1.14. The normalized spacial score (nSPS) is 14.0. The van der Waals surface area contributed by atoms with Crippen LogP contribution < -0.4 is 11.2 Å². The van der Waals surface area contributed by atoms with Crippen molar-refractivity contribution in [2.75, 3.05) is 18.1 Å². The van der Waals surface area contributed by atoms with Gasteiger partial charge in [-0.25, -0.2) is 4.68 Å². The van der Waals surface area contributed by atoms with Gasteiger partial charge in [0.05, 0.1) is 5.75 Å². The van der Waals surface area contributed by atoms with Crippen LogP contribution in [0.15, 0.2) is 29.4 Å². The minimum atomic E-state index is -0.0417. The van der Waals surface area contributed by atoms with Gasteiger partial charge in [-0.1, -0.05) is 35.5 Å². The average Bonchev–Trinajstić information content (AvgIpc) is 3.31. The Balaban J connectivity index is 1.40. The lowest BCUT2D eigenvalue weighted by Crippen LogP contribution is -2.27. The number of rotatable bonds is 7. The molecule has 0 aliphatic heterocycles. The second-order valence-electron chi connectivity index (χ2n) is 5.50. The molecule has 0 unspecified atom stereocenters. The molecule has 3 N–H and O–H groups in total. The Morgan fingerprint density at radius 2 is 2.09 bits per heavy atom. The average molecular weight is 352 g/mol. The molecule has 1 heterocycles. The Morgan fingerprint density at radius 1 is 1.35 bits per heavy atom. The summed E-state index contributed by atoms with van der Waals surface area (Å²) in [5, 5.41) is 12.3. The van der Waals surface area contributed by atoms with Gasteiger partial charge in [-0.05, 0) is 37.0 Å². The van der Waals surface area contributed by atoms with Gasteiger partial charge in [-0.2, -0.15) is 0 Å². The predicted molar refractivity (Wildman–Crippen MR) is 91.0 cm³/mol. The molecular weight excluding hydrogens is 334 g/mol. The van der Waals surface area contributed by atoms with Crippen molar-refractivity contribution < 1.29 is 4.79 Å². The maximum Gasteiger partial charge on any atom is 0.230 e. The third kappa shape index (κ3) is 4.39. The Bertz CT molecular complexity index is 684. The number of benzene rings is 1. The van der Waals surface area contributed by atoms with Gasteiger partial charge in [-0.15, -0.1) is 10.2 Å². The lowest BCUT2D eigenvalue weighted by atomic mass is 10.1. The summed E-state index contributed by atoms with van der Waals surface area (Å²) in [6.07, 6.45) is 3.00. The lowest BCUT2D eigenvalue weighted by molar-refractivity contribution is -0.118. The largest absolute Gasteiger partial charge is 0.355 e. The number of carbonyl (C=O) groups is 1. The fourth-order valence-corrected chi connectivity index (χ4v) is 3.00. The molecule has 3 rings (SSSR count). The third-order valence-electron chi connectivity index (χ3n) is 3.61. The molecule has 1 fully saturated rings. The van der Waals surface area contributed by atoms with E-state index in [1.165, 1.54) is 16.4 Å². The van der Waals surface area contributed by atoms with Crippen LogP contribution in [0.1, 0.15) is 30.1 Å². The number of halogens is 1. The van der Waals surface area contributed by atoms with Crippen LogP contribution in [0.3, 0.4) is 0 Å². The molecule has 23 heavy (non-hydrogen) atoms. The minimum absolute atomic E-state index is 0.0417. The zero-order valence-corrected chi connectivity index (χ0v) is 14.1. The van der Waals surface area contributed by atoms with Crippen molar-refractivity contribution in [2.24, 2.45) is 0 Å². The number of nitrogens with zero attached hydrogens (tertiary/aromatic N) is 3. The van der Waals surface area contributed by atoms with E-state index in [0.29, 0.717) is 22.6 Å². The van der Waals surface area contributed by atoms with E-state index in [0.717, 1.165) is 30.7 Å². The Hall–Kier alpha value is -1.73. The number of aromatic nitrogens is 3. The first kappa shape index (κ1) is 16.1.